The van der Waals surface area contributed by atoms with Gasteiger partial charge < -0.3 is 15.4 Å². The second-order valence-corrected chi connectivity index (χ2v) is 7.68. The van der Waals surface area contributed by atoms with E-state index in [1.165, 1.54) is 6.07 Å². The van der Waals surface area contributed by atoms with Crippen molar-refractivity contribution >= 4 is 46.4 Å². The maximum Gasteiger partial charge on any atom is 0.257 e. The Morgan fingerprint density at radius 1 is 0.839 bits per heavy atom. The fourth-order valence-corrected chi connectivity index (χ4v) is 3.24. The summed E-state index contributed by atoms with van der Waals surface area (Å²) < 4.78 is 5.61. The summed E-state index contributed by atoms with van der Waals surface area (Å²) in [5.41, 5.74) is 2.03. The third-order valence-corrected chi connectivity index (χ3v) is 5.01. The fraction of sp³-hybridized carbons (Fsp3) is 0.167. The molecular formula is C24H22Cl2N2O3. The number of unbranched alkanes of at least 4 members (excludes halogenated alkanes) is 1. The molecule has 0 aliphatic rings. The van der Waals surface area contributed by atoms with Gasteiger partial charge in [0.2, 0.25) is 0 Å². The van der Waals surface area contributed by atoms with Gasteiger partial charge in [0.15, 0.2) is 0 Å². The topological polar surface area (TPSA) is 67.4 Å². The lowest BCUT2D eigenvalue weighted by Gasteiger charge is -2.10. The molecule has 0 atom stereocenters. The summed E-state index contributed by atoms with van der Waals surface area (Å²) >= 11 is 11.9. The number of hydrogen-bond donors (Lipinski definition) is 2. The van der Waals surface area contributed by atoms with Gasteiger partial charge in [-0.2, -0.15) is 0 Å². The van der Waals surface area contributed by atoms with Gasteiger partial charge in [-0.1, -0.05) is 36.5 Å². The van der Waals surface area contributed by atoms with Crippen LogP contribution in [0.4, 0.5) is 11.4 Å². The van der Waals surface area contributed by atoms with Gasteiger partial charge >= 0.3 is 0 Å². The van der Waals surface area contributed by atoms with Crippen molar-refractivity contribution in [2.75, 3.05) is 17.2 Å². The highest BCUT2D eigenvalue weighted by Crippen LogP contribution is 2.23. The monoisotopic (exact) mass is 456 g/mol. The third-order valence-electron chi connectivity index (χ3n) is 4.46. The summed E-state index contributed by atoms with van der Waals surface area (Å²) in [5.74, 6) is 0.162. The summed E-state index contributed by atoms with van der Waals surface area (Å²) in [4.78, 5) is 24.8. The van der Waals surface area contributed by atoms with Crippen LogP contribution in [0.3, 0.4) is 0 Å². The Morgan fingerprint density at radius 3 is 2.03 bits per heavy atom. The first-order chi connectivity index (χ1) is 15.0. The lowest BCUT2D eigenvalue weighted by molar-refractivity contribution is 0.101. The van der Waals surface area contributed by atoms with E-state index in [-0.39, 0.29) is 16.8 Å². The SMILES string of the molecule is CCCCOc1ccc(C(=O)Nc2ccc(NC(=O)c3ccc(Cl)cc3Cl)cc2)cc1. The van der Waals surface area contributed by atoms with E-state index in [1.807, 2.05) is 0 Å². The van der Waals surface area contributed by atoms with Crippen molar-refractivity contribution < 1.29 is 14.3 Å². The highest BCUT2D eigenvalue weighted by molar-refractivity contribution is 6.37. The van der Waals surface area contributed by atoms with Crippen LogP contribution in [0, 0.1) is 0 Å². The molecule has 2 N–H and O–H groups in total. The Hall–Kier alpha value is -3.02. The van der Waals surface area contributed by atoms with Crippen LogP contribution in [-0.4, -0.2) is 18.4 Å². The van der Waals surface area contributed by atoms with E-state index in [1.54, 1.807) is 60.7 Å². The van der Waals surface area contributed by atoms with E-state index in [0.29, 0.717) is 34.1 Å². The van der Waals surface area contributed by atoms with E-state index in [9.17, 15) is 9.59 Å². The van der Waals surface area contributed by atoms with Gasteiger partial charge in [0, 0.05) is 22.0 Å². The molecule has 3 aromatic carbocycles. The molecule has 0 heterocycles. The first-order valence-corrected chi connectivity index (χ1v) is 10.6. The highest BCUT2D eigenvalue weighted by Gasteiger charge is 2.11. The average Bonchev–Trinajstić information content (AvgIpc) is 2.75. The average molecular weight is 457 g/mol. The summed E-state index contributed by atoms with van der Waals surface area (Å²) in [7, 11) is 0. The van der Waals surface area contributed by atoms with Gasteiger partial charge in [-0.15, -0.1) is 0 Å². The van der Waals surface area contributed by atoms with Crippen LogP contribution in [0.15, 0.2) is 66.7 Å². The van der Waals surface area contributed by atoms with Crippen molar-refractivity contribution in [1.29, 1.82) is 0 Å². The van der Waals surface area contributed by atoms with Crippen molar-refractivity contribution in [3.05, 3.63) is 87.9 Å². The van der Waals surface area contributed by atoms with Crippen LogP contribution in [0.2, 0.25) is 10.0 Å². The number of ether oxygens (including phenoxy) is 1. The van der Waals surface area contributed by atoms with Crippen LogP contribution in [0.1, 0.15) is 40.5 Å². The van der Waals surface area contributed by atoms with Crippen molar-refractivity contribution in [2.24, 2.45) is 0 Å². The minimum Gasteiger partial charge on any atom is -0.494 e. The van der Waals surface area contributed by atoms with Crippen LogP contribution in [0.25, 0.3) is 0 Å². The summed E-state index contributed by atoms with van der Waals surface area (Å²) in [5, 5.41) is 6.33. The van der Waals surface area contributed by atoms with Gasteiger partial charge in [0.1, 0.15) is 5.75 Å². The van der Waals surface area contributed by atoms with Gasteiger partial charge in [0.25, 0.3) is 11.8 Å². The number of carbonyl (C=O) groups excluding carboxylic acids is 2. The molecule has 0 fully saturated rings. The first kappa shape index (κ1) is 22.7. The largest absolute Gasteiger partial charge is 0.494 e. The first-order valence-electron chi connectivity index (χ1n) is 9.87. The predicted octanol–water partition coefficient (Wildman–Crippen LogP) is 6.68. The molecule has 0 saturated carbocycles. The molecule has 0 unspecified atom stereocenters. The Balaban J connectivity index is 1.57. The summed E-state index contributed by atoms with van der Waals surface area (Å²) in [6, 6.07) is 18.5. The van der Waals surface area contributed by atoms with E-state index in [4.69, 9.17) is 27.9 Å². The lowest BCUT2D eigenvalue weighted by atomic mass is 10.2. The molecule has 0 saturated heterocycles. The number of nitrogens with one attached hydrogen (secondary N) is 2. The Morgan fingerprint density at radius 2 is 1.45 bits per heavy atom. The molecule has 0 aliphatic heterocycles. The predicted molar refractivity (Wildman–Crippen MR) is 126 cm³/mol. The quantitative estimate of drug-likeness (QED) is 0.371. The normalized spacial score (nSPS) is 10.4. The second-order valence-electron chi connectivity index (χ2n) is 6.84. The molecule has 3 aromatic rings. The van der Waals surface area contributed by atoms with Crippen molar-refractivity contribution in [1.82, 2.24) is 0 Å². The zero-order valence-electron chi connectivity index (χ0n) is 17.0. The van der Waals surface area contributed by atoms with E-state index < -0.39 is 0 Å². The molecule has 3 rings (SSSR count). The van der Waals surface area contributed by atoms with Crippen molar-refractivity contribution in [2.45, 2.75) is 19.8 Å². The molecule has 0 bridgehead atoms. The number of anilines is 2. The highest BCUT2D eigenvalue weighted by atomic mass is 35.5. The molecule has 160 valence electrons. The zero-order valence-corrected chi connectivity index (χ0v) is 18.5. The molecule has 0 aromatic heterocycles. The minimum absolute atomic E-state index is 0.232. The minimum atomic E-state index is -0.348. The van der Waals surface area contributed by atoms with Gasteiger partial charge in [-0.25, -0.2) is 0 Å². The Kier molecular flexibility index (Phi) is 7.93. The standard InChI is InChI=1S/C24H22Cl2N2O3/c1-2-3-14-31-20-11-4-16(5-12-20)23(29)27-18-7-9-19(10-8-18)28-24(30)21-13-6-17(25)15-22(21)26/h4-13,15H,2-3,14H2,1H3,(H,27,29)(H,28,30). The summed E-state index contributed by atoms with van der Waals surface area (Å²) in [6.45, 7) is 2.77. The van der Waals surface area contributed by atoms with Crippen molar-refractivity contribution in [3.63, 3.8) is 0 Å². The van der Waals surface area contributed by atoms with Crippen LogP contribution in [0.5, 0.6) is 5.75 Å². The van der Waals surface area contributed by atoms with Gasteiger partial charge in [-0.05, 0) is 73.2 Å². The molecule has 2 amide bonds. The number of hydrogen-bond acceptors (Lipinski definition) is 3. The zero-order chi connectivity index (χ0) is 22.2. The van der Waals surface area contributed by atoms with Crippen molar-refractivity contribution in [3.8, 4) is 5.75 Å². The van der Waals surface area contributed by atoms with Crippen LogP contribution >= 0.6 is 23.2 Å². The Bertz CT molecular complexity index is 1050. The van der Waals surface area contributed by atoms with E-state index in [2.05, 4.69) is 17.6 Å². The number of rotatable bonds is 8. The maximum absolute atomic E-state index is 12.5. The van der Waals surface area contributed by atoms with E-state index >= 15 is 0 Å². The Labute approximate surface area is 191 Å². The smallest absolute Gasteiger partial charge is 0.257 e. The summed E-state index contributed by atoms with van der Waals surface area (Å²) in [6.07, 6.45) is 2.06. The number of benzene rings is 3. The number of amides is 2. The lowest BCUT2D eigenvalue weighted by Crippen LogP contribution is -2.13. The number of carbonyl (C=O) groups is 2. The van der Waals surface area contributed by atoms with Gasteiger partial charge in [0.05, 0.1) is 17.2 Å². The second kappa shape index (κ2) is 10.8. The molecular weight excluding hydrogens is 435 g/mol. The molecule has 0 spiro atoms. The molecule has 5 nitrogen and oxygen atoms in total. The van der Waals surface area contributed by atoms with E-state index in [0.717, 1.165) is 18.6 Å². The van der Waals surface area contributed by atoms with Gasteiger partial charge in [-0.3, -0.25) is 9.59 Å². The fourth-order valence-electron chi connectivity index (χ4n) is 2.75. The van der Waals surface area contributed by atoms with Crippen LogP contribution < -0.4 is 15.4 Å². The molecule has 0 radical (unpaired) electrons. The molecule has 31 heavy (non-hydrogen) atoms. The maximum atomic E-state index is 12.5. The van der Waals surface area contributed by atoms with Crippen LogP contribution in [-0.2, 0) is 0 Å². The number of halogens is 2. The third kappa shape index (κ3) is 6.48. The molecule has 7 heteroatoms. The molecule has 0 aliphatic carbocycles.